The largest absolute Gasteiger partial charge is 0.302 e. The van der Waals surface area contributed by atoms with E-state index in [1.807, 2.05) is 6.92 Å². The molecule has 0 radical (unpaired) electrons. The van der Waals surface area contributed by atoms with Crippen LogP contribution < -0.4 is 0 Å². The molecule has 6 heteroatoms. The molecule has 0 aliphatic carbocycles. The van der Waals surface area contributed by atoms with E-state index in [2.05, 4.69) is 0 Å². The predicted molar refractivity (Wildman–Crippen MR) is 63.0 cm³/mol. The molecule has 0 heterocycles. The third-order valence-corrected chi connectivity index (χ3v) is 3.07. The third-order valence-electron chi connectivity index (χ3n) is 2.25. The quantitative estimate of drug-likeness (QED) is 0.646. The zero-order chi connectivity index (χ0) is 12.8. The Morgan fingerprint density at radius 2 is 1.94 bits per heavy atom. The van der Waals surface area contributed by atoms with Gasteiger partial charge < -0.3 is 4.90 Å². The van der Waals surface area contributed by atoms with Crippen LogP contribution in [-0.2, 0) is 14.9 Å². The van der Waals surface area contributed by atoms with Crippen molar-refractivity contribution in [2.75, 3.05) is 26.4 Å². The van der Waals surface area contributed by atoms with Crippen LogP contribution in [0.4, 0.5) is 0 Å². The lowest BCUT2D eigenvalue weighted by molar-refractivity contribution is -0.123. The van der Waals surface area contributed by atoms with Gasteiger partial charge in [-0.25, -0.2) is 0 Å². The summed E-state index contributed by atoms with van der Waals surface area (Å²) in [5.41, 5.74) is 0. The van der Waals surface area contributed by atoms with E-state index in [-0.39, 0.29) is 12.3 Å². The number of likely N-dealkylation sites (N-methyl/N-ethyl adjacent to an activating group) is 1. The number of unbranched alkanes of at least 4 members (excludes halogenated alkanes) is 1. The molecule has 0 aliphatic heterocycles. The molecule has 0 saturated carbocycles. The molecule has 96 valence electrons. The molecule has 0 aromatic carbocycles. The third kappa shape index (κ3) is 7.78. The van der Waals surface area contributed by atoms with Gasteiger partial charge in [0.05, 0.1) is 12.3 Å². The van der Waals surface area contributed by atoms with Gasteiger partial charge in [0.2, 0.25) is 0 Å². The summed E-state index contributed by atoms with van der Waals surface area (Å²) < 4.78 is 30.3. The molecule has 0 rings (SSSR count). The summed E-state index contributed by atoms with van der Waals surface area (Å²) in [6, 6.07) is 0. The molecule has 5 nitrogen and oxygen atoms in total. The van der Waals surface area contributed by atoms with Crippen molar-refractivity contribution in [2.45, 2.75) is 26.2 Å². The summed E-state index contributed by atoms with van der Waals surface area (Å²) in [5, 5.41) is 0. The van der Waals surface area contributed by atoms with Crippen LogP contribution in [0.2, 0.25) is 0 Å². The highest BCUT2D eigenvalue weighted by molar-refractivity contribution is 7.85. The van der Waals surface area contributed by atoms with Gasteiger partial charge in [-0.2, -0.15) is 8.42 Å². The van der Waals surface area contributed by atoms with Crippen LogP contribution >= 0.6 is 0 Å². The number of nitrogens with zero attached hydrogens (tertiary/aromatic N) is 1. The summed E-state index contributed by atoms with van der Waals surface area (Å²) in [7, 11) is -0.570. The Bertz CT molecular complexity index is 311. The second-order valence-electron chi connectivity index (χ2n) is 4.29. The molecule has 1 unspecified atom stereocenters. The Morgan fingerprint density at radius 3 is 2.31 bits per heavy atom. The van der Waals surface area contributed by atoms with Gasteiger partial charge in [0, 0.05) is 5.92 Å². The molecular weight excluding hydrogens is 230 g/mol. The van der Waals surface area contributed by atoms with Gasteiger partial charge in [0.25, 0.3) is 10.1 Å². The number of carbonyl (C=O) groups excluding carboxylic acids is 1. The monoisotopic (exact) mass is 251 g/mol. The van der Waals surface area contributed by atoms with E-state index in [9.17, 15) is 13.2 Å². The molecule has 1 atom stereocenters. The van der Waals surface area contributed by atoms with E-state index in [4.69, 9.17) is 4.55 Å². The zero-order valence-corrected chi connectivity index (χ0v) is 11.0. The van der Waals surface area contributed by atoms with E-state index in [1.54, 1.807) is 19.0 Å². The maximum Gasteiger partial charge on any atom is 0.265 e. The minimum Gasteiger partial charge on any atom is -0.302 e. The fraction of sp³-hybridized carbons (Fsp3) is 0.900. The maximum absolute atomic E-state index is 11.7. The predicted octanol–water partition coefficient (Wildman–Crippen LogP) is 0.811. The highest BCUT2D eigenvalue weighted by atomic mass is 32.2. The van der Waals surface area contributed by atoms with E-state index in [0.29, 0.717) is 6.42 Å². The number of hydrogen-bond acceptors (Lipinski definition) is 4. The Balaban J connectivity index is 4.47. The standard InChI is InChI=1S/C10H21NO4S/c1-4-5-6-9(8-16(13,14)15)10(12)7-11(2)3/h9H,4-8H2,1-3H3,(H,13,14,15). The van der Waals surface area contributed by atoms with E-state index in [1.165, 1.54) is 0 Å². The van der Waals surface area contributed by atoms with Crippen LogP contribution in [0.3, 0.4) is 0 Å². The van der Waals surface area contributed by atoms with Crippen LogP contribution in [0.15, 0.2) is 0 Å². The minimum absolute atomic E-state index is 0.129. The summed E-state index contributed by atoms with van der Waals surface area (Å²) in [6.07, 6.45) is 2.21. The molecular formula is C10H21NO4S. The molecule has 0 fully saturated rings. The van der Waals surface area contributed by atoms with Crippen molar-refractivity contribution >= 4 is 15.9 Å². The lowest BCUT2D eigenvalue weighted by Crippen LogP contribution is -2.31. The van der Waals surface area contributed by atoms with Gasteiger partial charge in [-0.15, -0.1) is 0 Å². The minimum atomic E-state index is -4.07. The van der Waals surface area contributed by atoms with Gasteiger partial charge in [-0.05, 0) is 20.5 Å². The first-order chi connectivity index (χ1) is 7.26. The van der Waals surface area contributed by atoms with E-state index >= 15 is 0 Å². The van der Waals surface area contributed by atoms with Crippen molar-refractivity contribution in [1.82, 2.24) is 4.90 Å². The number of ketones is 1. The molecule has 0 aromatic heterocycles. The van der Waals surface area contributed by atoms with Crippen molar-refractivity contribution in [3.8, 4) is 0 Å². The van der Waals surface area contributed by atoms with Gasteiger partial charge >= 0.3 is 0 Å². The Hall–Kier alpha value is -0.460. The van der Waals surface area contributed by atoms with Crippen LogP contribution in [0.25, 0.3) is 0 Å². The molecule has 0 amide bonds. The Morgan fingerprint density at radius 1 is 1.38 bits per heavy atom. The van der Waals surface area contributed by atoms with Crippen molar-refractivity contribution in [3.05, 3.63) is 0 Å². The normalized spacial score (nSPS) is 14.1. The lowest BCUT2D eigenvalue weighted by atomic mass is 9.99. The second kappa shape index (κ2) is 6.98. The molecule has 0 spiro atoms. The second-order valence-corrected chi connectivity index (χ2v) is 5.79. The Labute approximate surface area is 97.6 Å². The first-order valence-corrected chi connectivity index (χ1v) is 6.99. The first-order valence-electron chi connectivity index (χ1n) is 5.39. The Kier molecular flexibility index (Phi) is 6.78. The van der Waals surface area contributed by atoms with Crippen LogP contribution in [0.1, 0.15) is 26.2 Å². The summed E-state index contributed by atoms with van der Waals surface area (Å²) in [5.74, 6) is -1.17. The van der Waals surface area contributed by atoms with Gasteiger partial charge in [0.1, 0.15) is 0 Å². The molecule has 0 saturated heterocycles. The fourth-order valence-corrected chi connectivity index (χ4v) is 2.34. The van der Waals surface area contributed by atoms with Crippen molar-refractivity contribution < 1.29 is 17.8 Å². The average molecular weight is 251 g/mol. The smallest absolute Gasteiger partial charge is 0.265 e. The van der Waals surface area contributed by atoms with Crippen LogP contribution in [-0.4, -0.2) is 50.0 Å². The number of hydrogen-bond donors (Lipinski definition) is 1. The number of rotatable bonds is 8. The number of Topliss-reactive ketones (excluding diaryl/α,β-unsaturated/α-hetero) is 1. The summed E-state index contributed by atoms with van der Waals surface area (Å²) >= 11 is 0. The zero-order valence-electron chi connectivity index (χ0n) is 10.1. The van der Waals surface area contributed by atoms with Gasteiger partial charge in [-0.3, -0.25) is 9.35 Å². The van der Waals surface area contributed by atoms with Crippen LogP contribution in [0.5, 0.6) is 0 Å². The molecule has 0 aliphatic rings. The van der Waals surface area contributed by atoms with Crippen molar-refractivity contribution in [2.24, 2.45) is 5.92 Å². The topological polar surface area (TPSA) is 74.7 Å². The summed E-state index contributed by atoms with van der Waals surface area (Å²) in [4.78, 5) is 13.4. The highest BCUT2D eigenvalue weighted by Gasteiger charge is 2.23. The molecule has 1 N–H and O–H groups in total. The first kappa shape index (κ1) is 15.5. The van der Waals surface area contributed by atoms with Crippen LogP contribution in [0, 0.1) is 5.92 Å². The van der Waals surface area contributed by atoms with Crippen molar-refractivity contribution in [3.63, 3.8) is 0 Å². The number of carbonyl (C=O) groups is 1. The molecule has 0 bridgehead atoms. The van der Waals surface area contributed by atoms with Crippen molar-refractivity contribution in [1.29, 1.82) is 0 Å². The molecule has 0 aromatic rings. The fourth-order valence-electron chi connectivity index (χ4n) is 1.48. The molecule has 16 heavy (non-hydrogen) atoms. The lowest BCUT2D eigenvalue weighted by Gasteiger charge is -2.16. The van der Waals surface area contributed by atoms with E-state index < -0.39 is 21.8 Å². The maximum atomic E-state index is 11.7. The van der Waals surface area contributed by atoms with Gasteiger partial charge in [-0.1, -0.05) is 19.8 Å². The average Bonchev–Trinajstić information content (AvgIpc) is 2.09. The van der Waals surface area contributed by atoms with Gasteiger partial charge in [0.15, 0.2) is 5.78 Å². The summed E-state index contributed by atoms with van der Waals surface area (Å²) in [6.45, 7) is 2.19. The van der Waals surface area contributed by atoms with E-state index in [0.717, 1.165) is 12.8 Å². The highest BCUT2D eigenvalue weighted by Crippen LogP contribution is 2.12. The SMILES string of the molecule is CCCCC(CS(=O)(=O)O)C(=O)CN(C)C.